The molecule has 0 atom stereocenters. The molecule has 0 bridgehead atoms. The number of hydrogen-bond acceptors (Lipinski definition) is 5. The Morgan fingerprint density at radius 2 is 2.14 bits per heavy atom. The quantitative estimate of drug-likeness (QED) is 0.777. The molecule has 0 saturated carbocycles. The fraction of sp³-hybridized carbons (Fsp3) is 0.0667. The van der Waals surface area contributed by atoms with Crippen molar-refractivity contribution in [3.8, 4) is 11.5 Å². The number of fused-ring (bicyclic) bond motifs is 1. The second-order valence-electron chi connectivity index (χ2n) is 4.62. The Hall–Kier alpha value is -2.60. The van der Waals surface area contributed by atoms with E-state index in [0.717, 1.165) is 5.56 Å². The Kier molecular flexibility index (Phi) is 3.23. The average Bonchev–Trinajstić information content (AvgIpc) is 2.77. The van der Waals surface area contributed by atoms with Gasteiger partial charge < -0.3 is 16.2 Å². The van der Waals surface area contributed by atoms with Crippen LogP contribution in [0.1, 0.15) is 15.2 Å². The van der Waals surface area contributed by atoms with Crippen LogP contribution in [0.2, 0.25) is 0 Å². The van der Waals surface area contributed by atoms with Gasteiger partial charge >= 0.3 is 0 Å². The van der Waals surface area contributed by atoms with Crippen LogP contribution in [-0.2, 0) is 0 Å². The van der Waals surface area contributed by atoms with Crippen LogP contribution >= 0.6 is 11.3 Å². The zero-order valence-corrected chi connectivity index (χ0v) is 12.1. The third-order valence-electron chi connectivity index (χ3n) is 3.03. The van der Waals surface area contributed by atoms with Crippen molar-refractivity contribution in [1.29, 1.82) is 0 Å². The highest BCUT2D eigenvalue weighted by molar-refractivity contribution is 7.21. The molecular formula is C15H13N3O2S. The van der Waals surface area contributed by atoms with Crippen molar-refractivity contribution >= 4 is 33.1 Å². The molecule has 0 saturated heterocycles. The lowest BCUT2D eigenvalue weighted by atomic mass is 10.2. The first kappa shape index (κ1) is 13.4. The molecule has 2 heterocycles. The minimum atomic E-state index is -0.558. The van der Waals surface area contributed by atoms with Gasteiger partial charge in [0.25, 0.3) is 5.91 Å². The monoisotopic (exact) mass is 299 g/mol. The van der Waals surface area contributed by atoms with Gasteiger partial charge in [-0.15, -0.1) is 11.3 Å². The number of nitrogen functional groups attached to an aromatic ring is 1. The van der Waals surface area contributed by atoms with Crippen molar-refractivity contribution in [3.63, 3.8) is 0 Å². The summed E-state index contributed by atoms with van der Waals surface area (Å²) >= 11 is 1.17. The van der Waals surface area contributed by atoms with Gasteiger partial charge in [-0.05, 0) is 30.7 Å². The average molecular weight is 299 g/mol. The van der Waals surface area contributed by atoms with E-state index in [9.17, 15) is 4.79 Å². The number of aryl methyl sites for hydroxylation is 1. The first-order chi connectivity index (χ1) is 10.1. The highest BCUT2D eigenvalue weighted by Gasteiger charge is 2.18. The smallest absolute Gasteiger partial charge is 0.260 e. The summed E-state index contributed by atoms with van der Waals surface area (Å²) in [6.07, 6.45) is 1.62. The number of thiophene rings is 1. The molecule has 0 aliphatic rings. The van der Waals surface area contributed by atoms with Gasteiger partial charge in [-0.25, -0.2) is 4.98 Å². The van der Waals surface area contributed by atoms with Crippen molar-refractivity contribution < 1.29 is 9.53 Å². The van der Waals surface area contributed by atoms with E-state index < -0.39 is 5.91 Å². The number of anilines is 1. The number of pyridine rings is 1. The molecule has 0 spiro atoms. The van der Waals surface area contributed by atoms with Crippen LogP contribution in [0.5, 0.6) is 11.5 Å². The van der Waals surface area contributed by atoms with E-state index in [4.69, 9.17) is 16.2 Å². The number of carbonyl (C=O) groups is 1. The van der Waals surface area contributed by atoms with Gasteiger partial charge in [0.1, 0.15) is 21.2 Å². The lowest BCUT2D eigenvalue weighted by Crippen LogP contribution is -2.10. The third-order valence-corrected chi connectivity index (χ3v) is 4.16. The number of nitrogens with two attached hydrogens (primary N) is 2. The van der Waals surface area contributed by atoms with Crippen LogP contribution in [0, 0.1) is 6.92 Å². The zero-order valence-electron chi connectivity index (χ0n) is 11.3. The molecule has 3 aromatic rings. The summed E-state index contributed by atoms with van der Waals surface area (Å²) in [6, 6.07) is 9.40. The second kappa shape index (κ2) is 5.06. The first-order valence-corrected chi connectivity index (χ1v) is 7.09. The largest absolute Gasteiger partial charge is 0.456 e. The summed E-state index contributed by atoms with van der Waals surface area (Å²) in [5, 5.41) is 0.623. The molecular weight excluding hydrogens is 286 g/mol. The summed E-state index contributed by atoms with van der Waals surface area (Å²) in [5.74, 6) is 0.706. The molecule has 0 fully saturated rings. The van der Waals surface area contributed by atoms with E-state index in [1.54, 1.807) is 12.3 Å². The van der Waals surface area contributed by atoms with Gasteiger partial charge in [-0.1, -0.05) is 12.1 Å². The maximum atomic E-state index is 11.4. The van der Waals surface area contributed by atoms with Crippen molar-refractivity contribution in [2.45, 2.75) is 6.92 Å². The van der Waals surface area contributed by atoms with E-state index in [0.29, 0.717) is 32.3 Å². The van der Waals surface area contributed by atoms with E-state index >= 15 is 0 Å². The Bertz CT molecular complexity index is 842. The molecule has 1 aromatic carbocycles. The van der Waals surface area contributed by atoms with E-state index in [-0.39, 0.29) is 0 Å². The number of hydrogen-bond donors (Lipinski definition) is 2. The second-order valence-corrected chi connectivity index (χ2v) is 5.62. The normalized spacial score (nSPS) is 10.7. The Labute approximate surface area is 125 Å². The van der Waals surface area contributed by atoms with Gasteiger partial charge in [-0.3, -0.25) is 4.79 Å². The minimum absolute atomic E-state index is 0.304. The predicted molar refractivity (Wildman–Crippen MR) is 83.8 cm³/mol. The third kappa shape index (κ3) is 2.41. The molecule has 0 aliphatic carbocycles. The van der Waals surface area contributed by atoms with Gasteiger partial charge in [0.15, 0.2) is 0 Å². The van der Waals surface area contributed by atoms with Crippen LogP contribution in [-0.4, -0.2) is 10.9 Å². The molecule has 3 rings (SSSR count). The van der Waals surface area contributed by atoms with Crippen LogP contribution in [0.25, 0.3) is 10.2 Å². The highest BCUT2D eigenvalue weighted by atomic mass is 32.1. The van der Waals surface area contributed by atoms with Crippen LogP contribution in [0.15, 0.2) is 36.5 Å². The Balaban J connectivity index is 2.12. The molecule has 0 aliphatic heterocycles. The lowest BCUT2D eigenvalue weighted by Gasteiger charge is -2.08. The number of aromatic nitrogens is 1. The molecule has 4 N–H and O–H groups in total. The van der Waals surface area contributed by atoms with Crippen molar-refractivity contribution in [2.24, 2.45) is 5.73 Å². The predicted octanol–water partition coefficient (Wildman–Crippen LogP) is 3.08. The molecule has 0 radical (unpaired) electrons. The molecule has 0 unspecified atom stereocenters. The molecule has 21 heavy (non-hydrogen) atoms. The van der Waals surface area contributed by atoms with Crippen molar-refractivity contribution in [2.75, 3.05) is 5.73 Å². The van der Waals surface area contributed by atoms with Gasteiger partial charge in [0.05, 0.1) is 11.1 Å². The lowest BCUT2D eigenvalue weighted by molar-refractivity contribution is 0.100. The first-order valence-electron chi connectivity index (χ1n) is 6.27. The van der Waals surface area contributed by atoms with Gasteiger partial charge in [0, 0.05) is 6.20 Å². The topological polar surface area (TPSA) is 91.2 Å². The van der Waals surface area contributed by atoms with Crippen molar-refractivity contribution in [3.05, 3.63) is 47.0 Å². The Morgan fingerprint density at radius 1 is 1.33 bits per heavy atom. The Morgan fingerprint density at radius 3 is 2.86 bits per heavy atom. The SMILES string of the molecule is Cc1cccc(Oc2ccnc3sc(C(N)=O)c(N)c23)c1. The van der Waals surface area contributed by atoms with E-state index in [2.05, 4.69) is 4.98 Å². The van der Waals surface area contributed by atoms with Crippen LogP contribution < -0.4 is 16.2 Å². The standard InChI is InChI=1S/C15H13N3O2S/c1-8-3-2-4-9(7-8)20-10-5-6-18-15-11(10)12(16)13(21-15)14(17)19/h2-7H,16H2,1H3,(H2,17,19). The van der Waals surface area contributed by atoms with Crippen LogP contribution in [0.3, 0.4) is 0 Å². The van der Waals surface area contributed by atoms with Gasteiger partial charge in [-0.2, -0.15) is 0 Å². The van der Waals surface area contributed by atoms with E-state index in [1.165, 1.54) is 11.3 Å². The molecule has 2 aromatic heterocycles. The van der Waals surface area contributed by atoms with Crippen LogP contribution in [0.4, 0.5) is 5.69 Å². The summed E-state index contributed by atoms with van der Waals surface area (Å²) in [6.45, 7) is 1.99. The number of carbonyl (C=O) groups excluding carboxylic acids is 1. The number of primary amides is 1. The molecule has 6 heteroatoms. The summed E-state index contributed by atoms with van der Waals surface area (Å²) in [7, 11) is 0. The molecule has 1 amide bonds. The number of benzene rings is 1. The number of amides is 1. The zero-order chi connectivity index (χ0) is 15.0. The molecule has 5 nitrogen and oxygen atoms in total. The maximum Gasteiger partial charge on any atom is 0.260 e. The number of rotatable bonds is 3. The fourth-order valence-electron chi connectivity index (χ4n) is 2.09. The molecule has 106 valence electrons. The minimum Gasteiger partial charge on any atom is -0.456 e. The summed E-state index contributed by atoms with van der Waals surface area (Å²) in [5.41, 5.74) is 12.7. The van der Waals surface area contributed by atoms with E-state index in [1.807, 2.05) is 31.2 Å². The fourth-order valence-corrected chi connectivity index (χ4v) is 3.02. The maximum absolute atomic E-state index is 11.4. The van der Waals surface area contributed by atoms with Gasteiger partial charge in [0.2, 0.25) is 0 Å². The number of ether oxygens (including phenoxy) is 1. The van der Waals surface area contributed by atoms with Crippen molar-refractivity contribution in [1.82, 2.24) is 4.98 Å². The summed E-state index contributed by atoms with van der Waals surface area (Å²) in [4.78, 5) is 16.5. The highest BCUT2D eigenvalue weighted by Crippen LogP contribution is 2.39. The summed E-state index contributed by atoms with van der Waals surface area (Å²) < 4.78 is 5.88. The number of nitrogens with zero attached hydrogens (tertiary/aromatic N) is 1.